The molecule has 1 heterocycles. The molecule has 0 spiro atoms. The third-order valence-corrected chi connectivity index (χ3v) is 3.07. The molecule has 2 aromatic rings. The molecule has 1 N–H and O–H groups in total. The van der Waals surface area contributed by atoms with Crippen LogP contribution in [-0.2, 0) is 7.05 Å². The van der Waals surface area contributed by atoms with E-state index < -0.39 is 0 Å². The fraction of sp³-hybridized carbons (Fsp3) is 0.357. The van der Waals surface area contributed by atoms with E-state index in [9.17, 15) is 0 Å². The highest BCUT2D eigenvalue weighted by Crippen LogP contribution is 2.23. The Morgan fingerprint density at radius 1 is 1.28 bits per heavy atom. The van der Waals surface area contributed by atoms with Gasteiger partial charge in [-0.05, 0) is 37.7 Å². The predicted octanol–water partition coefficient (Wildman–Crippen LogP) is 2.05. The molecule has 96 valence electrons. The van der Waals surface area contributed by atoms with Crippen molar-refractivity contribution < 1.29 is 4.74 Å². The third-order valence-electron chi connectivity index (χ3n) is 3.07. The first-order valence-corrected chi connectivity index (χ1v) is 5.97. The summed E-state index contributed by atoms with van der Waals surface area (Å²) in [4.78, 5) is 0. The normalized spacial score (nSPS) is 12.4. The van der Waals surface area contributed by atoms with Gasteiger partial charge in [-0.3, -0.25) is 4.68 Å². The molecule has 2 rings (SSSR count). The monoisotopic (exact) mass is 245 g/mol. The maximum absolute atomic E-state index is 5.18. The van der Waals surface area contributed by atoms with Crippen LogP contribution in [0.4, 0.5) is 0 Å². The van der Waals surface area contributed by atoms with Crippen molar-refractivity contribution in [2.45, 2.75) is 13.0 Å². The van der Waals surface area contributed by atoms with E-state index in [0.717, 1.165) is 17.1 Å². The van der Waals surface area contributed by atoms with Gasteiger partial charge in [0.1, 0.15) is 5.75 Å². The van der Waals surface area contributed by atoms with Crippen molar-refractivity contribution in [1.82, 2.24) is 15.1 Å². The van der Waals surface area contributed by atoms with Crippen LogP contribution in [0.1, 0.15) is 23.0 Å². The van der Waals surface area contributed by atoms with E-state index in [0.29, 0.717) is 0 Å². The van der Waals surface area contributed by atoms with Crippen LogP contribution in [-0.4, -0.2) is 23.9 Å². The fourth-order valence-electron chi connectivity index (χ4n) is 2.18. The van der Waals surface area contributed by atoms with Crippen molar-refractivity contribution in [1.29, 1.82) is 0 Å². The van der Waals surface area contributed by atoms with Crippen LogP contribution in [0.2, 0.25) is 0 Å². The molecule has 0 amide bonds. The Labute approximate surface area is 108 Å². The Kier molecular flexibility index (Phi) is 3.67. The van der Waals surface area contributed by atoms with E-state index in [1.54, 1.807) is 7.11 Å². The average molecular weight is 245 g/mol. The maximum atomic E-state index is 5.18. The van der Waals surface area contributed by atoms with E-state index in [1.807, 2.05) is 37.8 Å². The van der Waals surface area contributed by atoms with Crippen LogP contribution >= 0.6 is 0 Å². The standard InChI is InChI=1S/C14H19N3O/c1-10-9-13(17(3)16-10)14(15-2)11-5-7-12(18-4)8-6-11/h5-9,14-15H,1-4H3. The number of aromatic nitrogens is 2. The molecule has 0 bridgehead atoms. The lowest BCUT2D eigenvalue weighted by Gasteiger charge is -2.17. The highest BCUT2D eigenvalue weighted by Gasteiger charge is 2.16. The lowest BCUT2D eigenvalue weighted by Crippen LogP contribution is -2.20. The number of ether oxygens (including phenoxy) is 1. The summed E-state index contributed by atoms with van der Waals surface area (Å²) in [5.41, 5.74) is 3.38. The summed E-state index contributed by atoms with van der Waals surface area (Å²) in [6, 6.07) is 10.3. The average Bonchev–Trinajstić information content (AvgIpc) is 2.70. The molecule has 0 radical (unpaired) electrons. The molecule has 0 aliphatic rings. The Bertz CT molecular complexity index is 516. The molecular formula is C14H19N3O. The SMILES string of the molecule is CNC(c1ccc(OC)cc1)c1cc(C)nn1C. The van der Waals surface area contributed by atoms with Crippen LogP contribution in [0.3, 0.4) is 0 Å². The second-order valence-electron chi connectivity index (χ2n) is 4.33. The smallest absolute Gasteiger partial charge is 0.118 e. The van der Waals surface area contributed by atoms with Crippen molar-refractivity contribution in [2.24, 2.45) is 7.05 Å². The summed E-state index contributed by atoms with van der Waals surface area (Å²) in [6.07, 6.45) is 0. The molecule has 1 aromatic heterocycles. The molecule has 0 fully saturated rings. The van der Waals surface area contributed by atoms with Crippen molar-refractivity contribution in [3.05, 3.63) is 47.3 Å². The summed E-state index contributed by atoms with van der Waals surface area (Å²) in [7, 11) is 5.60. The number of hydrogen-bond acceptors (Lipinski definition) is 3. The molecule has 1 aromatic carbocycles. The van der Waals surface area contributed by atoms with Gasteiger partial charge in [-0.1, -0.05) is 12.1 Å². The van der Waals surface area contributed by atoms with Gasteiger partial charge in [0.05, 0.1) is 24.5 Å². The second-order valence-corrected chi connectivity index (χ2v) is 4.33. The van der Waals surface area contributed by atoms with Crippen LogP contribution in [0.5, 0.6) is 5.75 Å². The first-order chi connectivity index (χ1) is 8.65. The number of aryl methyl sites for hydroxylation is 2. The van der Waals surface area contributed by atoms with Crippen LogP contribution in [0, 0.1) is 6.92 Å². The Morgan fingerprint density at radius 3 is 2.39 bits per heavy atom. The van der Waals surface area contributed by atoms with Gasteiger partial charge in [-0.25, -0.2) is 0 Å². The van der Waals surface area contributed by atoms with Crippen molar-refractivity contribution in [3.8, 4) is 5.75 Å². The molecule has 0 aliphatic heterocycles. The van der Waals surface area contributed by atoms with E-state index in [-0.39, 0.29) is 6.04 Å². The van der Waals surface area contributed by atoms with Gasteiger partial charge in [0, 0.05) is 7.05 Å². The van der Waals surface area contributed by atoms with Crippen molar-refractivity contribution in [2.75, 3.05) is 14.2 Å². The zero-order valence-electron chi connectivity index (χ0n) is 11.3. The van der Waals surface area contributed by atoms with E-state index in [2.05, 4.69) is 28.6 Å². The molecule has 0 aliphatic carbocycles. The van der Waals surface area contributed by atoms with Crippen LogP contribution in [0.15, 0.2) is 30.3 Å². The molecule has 1 unspecified atom stereocenters. The third kappa shape index (κ3) is 2.38. The van der Waals surface area contributed by atoms with Crippen LogP contribution in [0.25, 0.3) is 0 Å². The summed E-state index contributed by atoms with van der Waals surface area (Å²) in [5, 5.41) is 7.72. The van der Waals surface area contributed by atoms with Gasteiger partial charge in [0.15, 0.2) is 0 Å². The van der Waals surface area contributed by atoms with Gasteiger partial charge in [-0.2, -0.15) is 5.10 Å². The molecule has 4 nitrogen and oxygen atoms in total. The van der Waals surface area contributed by atoms with Gasteiger partial charge in [-0.15, -0.1) is 0 Å². The maximum Gasteiger partial charge on any atom is 0.118 e. The number of nitrogens with one attached hydrogen (secondary N) is 1. The number of nitrogens with zero attached hydrogens (tertiary/aromatic N) is 2. The predicted molar refractivity (Wildman–Crippen MR) is 71.8 cm³/mol. The van der Waals surface area contributed by atoms with Crippen molar-refractivity contribution in [3.63, 3.8) is 0 Å². The molecule has 4 heteroatoms. The van der Waals surface area contributed by atoms with Gasteiger partial charge in [0.2, 0.25) is 0 Å². The number of hydrogen-bond donors (Lipinski definition) is 1. The van der Waals surface area contributed by atoms with E-state index in [1.165, 1.54) is 5.56 Å². The quantitative estimate of drug-likeness (QED) is 0.896. The number of methoxy groups -OCH3 is 1. The lowest BCUT2D eigenvalue weighted by molar-refractivity contribution is 0.414. The highest BCUT2D eigenvalue weighted by atomic mass is 16.5. The van der Waals surface area contributed by atoms with Gasteiger partial charge in [0.25, 0.3) is 0 Å². The molecule has 0 saturated carbocycles. The number of benzene rings is 1. The Balaban J connectivity index is 2.35. The summed E-state index contributed by atoms with van der Waals surface area (Å²) < 4.78 is 7.10. The fourth-order valence-corrected chi connectivity index (χ4v) is 2.18. The van der Waals surface area contributed by atoms with Gasteiger partial charge >= 0.3 is 0 Å². The topological polar surface area (TPSA) is 39.1 Å². The first kappa shape index (κ1) is 12.6. The van der Waals surface area contributed by atoms with Crippen LogP contribution < -0.4 is 10.1 Å². The first-order valence-electron chi connectivity index (χ1n) is 5.97. The summed E-state index contributed by atoms with van der Waals surface area (Å²) in [6.45, 7) is 2.00. The minimum atomic E-state index is 0.141. The Hall–Kier alpha value is -1.81. The molecular weight excluding hydrogens is 226 g/mol. The Morgan fingerprint density at radius 2 is 1.94 bits per heavy atom. The van der Waals surface area contributed by atoms with Crippen molar-refractivity contribution >= 4 is 0 Å². The zero-order valence-corrected chi connectivity index (χ0v) is 11.3. The van der Waals surface area contributed by atoms with E-state index in [4.69, 9.17) is 4.74 Å². The lowest BCUT2D eigenvalue weighted by atomic mass is 10.0. The molecule has 1 atom stereocenters. The highest BCUT2D eigenvalue weighted by molar-refractivity contribution is 5.33. The zero-order chi connectivity index (χ0) is 13.1. The summed E-state index contributed by atoms with van der Waals surface area (Å²) in [5.74, 6) is 0.870. The molecule has 18 heavy (non-hydrogen) atoms. The second kappa shape index (κ2) is 5.23. The van der Waals surface area contributed by atoms with Gasteiger partial charge < -0.3 is 10.1 Å². The minimum Gasteiger partial charge on any atom is -0.497 e. The summed E-state index contributed by atoms with van der Waals surface area (Å²) >= 11 is 0. The number of rotatable bonds is 4. The minimum absolute atomic E-state index is 0.141. The molecule has 0 saturated heterocycles. The largest absolute Gasteiger partial charge is 0.497 e. The van der Waals surface area contributed by atoms with E-state index >= 15 is 0 Å².